The van der Waals surface area contributed by atoms with E-state index in [0.29, 0.717) is 12.3 Å². The van der Waals surface area contributed by atoms with Crippen LogP contribution in [0.4, 0.5) is 28.0 Å². The lowest BCUT2D eigenvalue weighted by atomic mass is 9.81. The lowest BCUT2D eigenvalue weighted by Crippen LogP contribution is -2.57. The molecule has 41 heavy (non-hydrogen) atoms. The van der Waals surface area contributed by atoms with Crippen molar-refractivity contribution in [3.05, 3.63) is 65.5 Å². The van der Waals surface area contributed by atoms with E-state index in [2.05, 4.69) is 15.5 Å². The van der Waals surface area contributed by atoms with Gasteiger partial charge in [0, 0.05) is 23.7 Å². The van der Waals surface area contributed by atoms with Crippen LogP contribution in [-0.2, 0) is 16.1 Å². The predicted molar refractivity (Wildman–Crippen MR) is 145 cm³/mol. The molecule has 2 N–H and O–H groups in total. The first-order chi connectivity index (χ1) is 19.5. The zero-order valence-corrected chi connectivity index (χ0v) is 22.9. The van der Waals surface area contributed by atoms with Crippen molar-refractivity contribution in [1.82, 2.24) is 10.6 Å². The van der Waals surface area contributed by atoms with Gasteiger partial charge in [0.1, 0.15) is 5.82 Å². The molecule has 0 aromatic heterocycles. The summed E-state index contributed by atoms with van der Waals surface area (Å²) in [5, 5.41) is 6.70. The molecule has 0 heterocycles. The molecule has 0 spiro atoms. The third-order valence-electron chi connectivity index (χ3n) is 7.89. The molecule has 2 aromatic carbocycles. The van der Waals surface area contributed by atoms with Crippen LogP contribution in [0.15, 0.2) is 48.5 Å². The van der Waals surface area contributed by atoms with Crippen molar-refractivity contribution >= 4 is 23.5 Å². The van der Waals surface area contributed by atoms with Gasteiger partial charge in [-0.3, -0.25) is 4.79 Å². The van der Waals surface area contributed by atoms with Crippen LogP contribution in [-0.4, -0.2) is 42.1 Å². The van der Waals surface area contributed by atoms with E-state index < -0.39 is 24.2 Å². The Morgan fingerprint density at radius 1 is 0.927 bits per heavy atom. The maximum Gasteiger partial charge on any atom is 0.493 e. The maximum absolute atomic E-state index is 13.3. The van der Waals surface area contributed by atoms with E-state index >= 15 is 0 Å². The molecule has 2 saturated carbocycles. The molecule has 2 amide bonds. The molecule has 11 heteroatoms. The quantitative estimate of drug-likeness (QED) is 0.230. The molecule has 4 rings (SSSR count). The summed E-state index contributed by atoms with van der Waals surface area (Å²) < 4.78 is 52.3. The first kappa shape index (κ1) is 30.5. The highest BCUT2D eigenvalue weighted by atomic mass is 19.4. The molecule has 7 nitrogen and oxygen atoms in total. The average Bonchev–Trinajstić information content (AvgIpc) is 2.94. The van der Waals surface area contributed by atoms with E-state index in [-0.39, 0.29) is 40.0 Å². The van der Waals surface area contributed by atoms with E-state index in [1.807, 2.05) is 12.1 Å². The normalized spacial score (nSPS) is 23.0. The number of urea groups is 1. The number of anilines is 1. The number of hydrogen-bond donors (Lipinski definition) is 2. The van der Waals surface area contributed by atoms with E-state index in [4.69, 9.17) is 0 Å². The van der Waals surface area contributed by atoms with E-state index in [1.54, 1.807) is 0 Å². The highest BCUT2D eigenvalue weighted by Crippen LogP contribution is 2.30. The molecule has 0 unspecified atom stereocenters. The topological polar surface area (TPSA) is 87.7 Å². The number of benzene rings is 2. The second-order valence-electron chi connectivity index (χ2n) is 10.9. The van der Waals surface area contributed by atoms with Crippen LogP contribution >= 0.6 is 0 Å². The fourth-order valence-corrected chi connectivity index (χ4v) is 5.71. The van der Waals surface area contributed by atoms with Gasteiger partial charge < -0.3 is 15.5 Å². The van der Waals surface area contributed by atoms with Gasteiger partial charge in [-0.15, -0.1) is 5.06 Å². The fraction of sp³-hybridized carbons (Fsp3) is 0.500. The third-order valence-corrected chi connectivity index (χ3v) is 7.89. The number of nitrogens with zero attached hydrogens (tertiary/aromatic N) is 1. The van der Waals surface area contributed by atoms with Gasteiger partial charge in [0.2, 0.25) is 0 Å². The van der Waals surface area contributed by atoms with Crippen LogP contribution in [0.2, 0.25) is 0 Å². The van der Waals surface area contributed by atoms with Crippen molar-refractivity contribution in [2.45, 2.75) is 89.0 Å². The SMILES string of the molecule is CC(=O)c1cccc(N(OC(=O)C(F)(F)F)C(=O)N[C@H]2CCCC[C@@H]2NC2CCC(Cc3ccc(F)cc3)CC2)c1. The number of carbonyl (C=O) groups excluding carboxylic acids is 3. The minimum atomic E-state index is -5.32. The van der Waals surface area contributed by atoms with E-state index in [1.165, 1.54) is 43.3 Å². The molecule has 2 aliphatic carbocycles. The van der Waals surface area contributed by atoms with Crippen molar-refractivity contribution in [2.24, 2.45) is 5.92 Å². The van der Waals surface area contributed by atoms with Gasteiger partial charge in [0.15, 0.2) is 5.78 Å². The average molecular weight is 578 g/mol. The van der Waals surface area contributed by atoms with Gasteiger partial charge in [0.25, 0.3) is 0 Å². The predicted octanol–water partition coefficient (Wildman–Crippen LogP) is 6.27. The maximum atomic E-state index is 13.3. The summed E-state index contributed by atoms with van der Waals surface area (Å²) in [6.45, 7) is 1.28. The molecule has 0 saturated heterocycles. The Morgan fingerprint density at radius 2 is 1.59 bits per heavy atom. The van der Waals surface area contributed by atoms with Crippen LogP contribution in [0.25, 0.3) is 0 Å². The van der Waals surface area contributed by atoms with Gasteiger partial charge in [-0.1, -0.05) is 37.1 Å². The Kier molecular flexibility index (Phi) is 10.0. The smallest absolute Gasteiger partial charge is 0.331 e. The van der Waals surface area contributed by atoms with Crippen molar-refractivity contribution in [1.29, 1.82) is 0 Å². The Balaban J connectivity index is 1.39. The van der Waals surface area contributed by atoms with Crippen LogP contribution in [0.1, 0.15) is 74.2 Å². The monoisotopic (exact) mass is 577 g/mol. The molecule has 2 aliphatic rings. The van der Waals surface area contributed by atoms with Crippen molar-refractivity contribution in [3.8, 4) is 0 Å². The van der Waals surface area contributed by atoms with Crippen molar-refractivity contribution in [2.75, 3.05) is 5.06 Å². The largest absolute Gasteiger partial charge is 0.493 e. The minimum absolute atomic E-state index is 0.102. The summed E-state index contributed by atoms with van der Waals surface area (Å²) >= 11 is 0. The molecular weight excluding hydrogens is 542 g/mol. The molecule has 222 valence electrons. The second kappa shape index (κ2) is 13.5. The fourth-order valence-electron chi connectivity index (χ4n) is 5.71. The lowest BCUT2D eigenvalue weighted by Gasteiger charge is -2.38. The first-order valence-corrected chi connectivity index (χ1v) is 14.0. The Bertz CT molecular complexity index is 1210. The number of ketones is 1. The van der Waals surface area contributed by atoms with E-state index in [9.17, 15) is 31.9 Å². The standard InChI is InChI=1S/C30H35F4N3O4/c1-19(38)22-5-4-6-25(18-22)37(41-28(39)30(32,33)34)29(40)36-27-8-3-2-7-26(27)35-24-15-11-21(12-16-24)17-20-9-13-23(31)14-10-20/h4-6,9-10,13-14,18,21,24,26-27,35H,2-3,7-8,11-12,15-17H2,1H3,(H,36,40)/t21?,24?,26-,27-/m0/s1. The van der Waals surface area contributed by atoms with Gasteiger partial charge in [-0.05, 0) is 87.6 Å². The highest BCUT2D eigenvalue weighted by molar-refractivity contribution is 5.97. The number of nitrogens with one attached hydrogen (secondary N) is 2. The number of rotatable bonds is 7. The number of Topliss-reactive ketones (excluding diaryl/α,β-unsaturated/α-hetero) is 1. The highest BCUT2D eigenvalue weighted by Gasteiger charge is 2.44. The van der Waals surface area contributed by atoms with E-state index in [0.717, 1.165) is 56.9 Å². The van der Waals surface area contributed by atoms with Crippen molar-refractivity contribution in [3.63, 3.8) is 0 Å². The molecule has 2 atom stereocenters. The van der Waals surface area contributed by atoms with Crippen LogP contribution < -0.4 is 15.7 Å². The Labute approximate surface area is 236 Å². The van der Waals surface area contributed by atoms with Gasteiger partial charge >= 0.3 is 18.2 Å². The number of hydrogen-bond acceptors (Lipinski definition) is 5. The first-order valence-electron chi connectivity index (χ1n) is 14.0. The second-order valence-corrected chi connectivity index (χ2v) is 10.9. The molecule has 2 aromatic rings. The summed E-state index contributed by atoms with van der Waals surface area (Å²) in [5.74, 6) is -2.65. The van der Waals surface area contributed by atoms with Gasteiger partial charge in [-0.25, -0.2) is 14.0 Å². The minimum Gasteiger partial charge on any atom is -0.331 e. The van der Waals surface area contributed by atoms with Gasteiger partial charge in [-0.2, -0.15) is 13.2 Å². The molecule has 0 aliphatic heterocycles. The number of carbonyl (C=O) groups is 3. The Morgan fingerprint density at radius 3 is 2.22 bits per heavy atom. The summed E-state index contributed by atoms with van der Waals surface area (Å²) in [4.78, 5) is 41.3. The molecule has 0 radical (unpaired) electrons. The summed E-state index contributed by atoms with van der Waals surface area (Å²) in [6.07, 6.45) is 2.63. The number of halogens is 4. The van der Waals surface area contributed by atoms with Crippen molar-refractivity contribution < 1.29 is 36.8 Å². The summed E-state index contributed by atoms with van der Waals surface area (Å²) in [5.41, 5.74) is 1.09. The number of hydroxylamine groups is 1. The van der Waals surface area contributed by atoms with Crippen LogP contribution in [0.5, 0.6) is 0 Å². The van der Waals surface area contributed by atoms with Crippen LogP contribution in [0.3, 0.4) is 0 Å². The lowest BCUT2D eigenvalue weighted by molar-refractivity contribution is -0.199. The third kappa shape index (κ3) is 8.51. The number of alkyl halides is 3. The molecule has 0 bridgehead atoms. The molecule has 2 fully saturated rings. The van der Waals surface area contributed by atoms with Gasteiger partial charge in [0.05, 0.1) is 5.69 Å². The summed E-state index contributed by atoms with van der Waals surface area (Å²) in [7, 11) is 0. The zero-order valence-electron chi connectivity index (χ0n) is 22.9. The number of amides is 2. The van der Waals surface area contributed by atoms with Crippen LogP contribution in [0, 0.1) is 11.7 Å². The Hall–Kier alpha value is -3.47. The zero-order chi connectivity index (χ0) is 29.6. The molecular formula is C30H35F4N3O4. The summed E-state index contributed by atoms with van der Waals surface area (Å²) in [6, 6.07) is 10.6.